The number of aryl methyl sites for hydroxylation is 1. The average molecular weight is 399 g/mol. The molecule has 1 N–H and O–H groups in total. The maximum absolute atomic E-state index is 13.1. The third-order valence-corrected chi connectivity index (χ3v) is 5.64. The first kappa shape index (κ1) is 19.9. The van der Waals surface area contributed by atoms with Gasteiger partial charge in [-0.2, -0.15) is 0 Å². The van der Waals surface area contributed by atoms with E-state index >= 15 is 0 Å². The van der Waals surface area contributed by atoms with Gasteiger partial charge in [-0.1, -0.05) is 78.4 Å². The van der Waals surface area contributed by atoms with E-state index in [0.29, 0.717) is 13.0 Å². The minimum Gasteiger partial charge on any atom is -0.349 e. The molecule has 30 heavy (non-hydrogen) atoms. The van der Waals surface area contributed by atoms with Gasteiger partial charge < -0.3 is 10.2 Å². The highest BCUT2D eigenvalue weighted by molar-refractivity contribution is 6.00. The van der Waals surface area contributed by atoms with Crippen LogP contribution in [0.5, 0.6) is 0 Å². The van der Waals surface area contributed by atoms with Crippen molar-refractivity contribution in [2.45, 2.75) is 25.8 Å². The molecule has 2 atom stereocenters. The van der Waals surface area contributed by atoms with Crippen molar-refractivity contribution in [1.29, 1.82) is 0 Å². The Balaban J connectivity index is 1.48. The highest BCUT2D eigenvalue weighted by Crippen LogP contribution is 2.27. The molecule has 0 spiro atoms. The van der Waals surface area contributed by atoms with Gasteiger partial charge in [-0.25, -0.2) is 0 Å². The van der Waals surface area contributed by atoms with Crippen molar-refractivity contribution in [2.24, 2.45) is 5.92 Å². The third kappa shape index (κ3) is 4.60. The molecule has 2 amide bonds. The molecule has 152 valence electrons. The Bertz CT molecular complexity index is 1000. The van der Waals surface area contributed by atoms with Gasteiger partial charge in [-0.15, -0.1) is 0 Å². The molecule has 3 aromatic carbocycles. The van der Waals surface area contributed by atoms with Crippen molar-refractivity contribution < 1.29 is 9.59 Å². The van der Waals surface area contributed by atoms with E-state index in [4.69, 9.17) is 0 Å². The largest absolute Gasteiger partial charge is 0.349 e. The summed E-state index contributed by atoms with van der Waals surface area (Å²) in [4.78, 5) is 27.4. The van der Waals surface area contributed by atoms with E-state index in [0.717, 1.165) is 22.4 Å². The normalized spacial score (nSPS) is 17.0. The van der Waals surface area contributed by atoms with Gasteiger partial charge >= 0.3 is 0 Å². The topological polar surface area (TPSA) is 49.4 Å². The van der Waals surface area contributed by atoms with Gasteiger partial charge in [0.2, 0.25) is 11.8 Å². The van der Waals surface area contributed by atoms with Gasteiger partial charge in [-0.3, -0.25) is 9.59 Å². The molecule has 1 heterocycles. The van der Waals surface area contributed by atoms with Crippen molar-refractivity contribution in [1.82, 2.24) is 5.32 Å². The minimum absolute atomic E-state index is 0.00155. The van der Waals surface area contributed by atoms with Gasteiger partial charge in [0.1, 0.15) is 0 Å². The van der Waals surface area contributed by atoms with E-state index in [1.807, 2.05) is 79.7 Å². The maximum atomic E-state index is 13.1. The number of carbonyl (C=O) groups is 2. The van der Waals surface area contributed by atoms with E-state index < -0.39 is 0 Å². The fourth-order valence-corrected chi connectivity index (χ4v) is 3.93. The molecule has 0 aliphatic carbocycles. The smallest absolute Gasteiger partial charge is 0.227 e. The second-order valence-corrected chi connectivity index (χ2v) is 7.90. The summed E-state index contributed by atoms with van der Waals surface area (Å²) in [6.07, 6.45) is 0.950. The molecule has 0 saturated carbocycles. The van der Waals surface area contributed by atoms with Crippen molar-refractivity contribution >= 4 is 17.5 Å². The molecular weight excluding hydrogens is 372 g/mol. The monoisotopic (exact) mass is 398 g/mol. The molecule has 0 unspecified atom stereocenters. The first-order chi connectivity index (χ1) is 14.6. The highest BCUT2D eigenvalue weighted by atomic mass is 16.2. The number of amides is 2. The maximum Gasteiger partial charge on any atom is 0.227 e. The zero-order valence-corrected chi connectivity index (χ0v) is 17.1. The molecule has 4 rings (SSSR count). The first-order valence-electron chi connectivity index (χ1n) is 10.4. The highest BCUT2D eigenvalue weighted by Gasteiger charge is 2.35. The van der Waals surface area contributed by atoms with Crippen LogP contribution in [0.25, 0.3) is 0 Å². The molecule has 4 nitrogen and oxygen atoms in total. The van der Waals surface area contributed by atoms with Gasteiger partial charge in [-0.05, 0) is 36.6 Å². The summed E-state index contributed by atoms with van der Waals surface area (Å²) in [7, 11) is 0. The number of nitrogens with one attached hydrogen (secondary N) is 1. The fraction of sp³-hybridized carbons (Fsp3) is 0.231. The van der Waals surface area contributed by atoms with Crippen LogP contribution in [0.2, 0.25) is 0 Å². The van der Waals surface area contributed by atoms with Crippen LogP contribution in [-0.2, 0) is 16.0 Å². The summed E-state index contributed by atoms with van der Waals surface area (Å²) in [6.45, 7) is 2.43. The predicted octanol–water partition coefficient (Wildman–Crippen LogP) is 4.45. The quantitative estimate of drug-likeness (QED) is 0.667. The van der Waals surface area contributed by atoms with Crippen LogP contribution < -0.4 is 10.2 Å². The lowest BCUT2D eigenvalue weighted by molar-refractivity contribution is -0.127. The summed E-state index contributed by atoms with van der Waals surface area (Å²) in [5, 5.41) is 3.21. The number of benzene rings is 3. The van der Waals surface area contributed by atoms with Crippen molar-refractivity contribution in [2.75, 3.05) is 11.4 Å². The molecule has 1 saturated heterocycles. The summed E-state index contributed by atoms with van der Waals surface area (Å²) >= 11 is 0. The zero-order chi connectivity index (χ0) is 20.9. The van der Waals surface area contributed by atoms with Crippen LogP contribution in [0, 0.1) is 12.8 Å². The Morgan fingerprint density at radius 3 is 2.27 bits per heavy atom. The average Bonchev–Trinajstić information content (AvgIpc) is 3.17. The second-order valence-electron chi connectivity index (χ2n) is 7.90. The fourth-order valence-electron chi connectivity index (χ4n) is 3.93. The van der Waals surface area contributed by atoms with E-state index in [9.17, 15) is 9.59 Å². The Morgan fingerprint density at radius 1 is 0.967 bits per heavy atom. The predicted molar refractivity (Wildman–Crippen MR) is 119 cm³/mol. The second kappa shape index (κ2) is 8.95. The Labute approximate surface area is 177 Å². The molecule has 0 radical (unpaired) electrons. The summed E-state index contributed by atoms with van der Waals surface area (Å²) in [5.74, 6) is -0.415. The lowest BCUT2D eigenvalue weighted by Gasteiger charge is -2.22. The Kier molecular flexibility index (Phi) is 5.94. The van der Waals surface area contributed by atoms with Gasteiger partial charge in [0.15, 0.2) is 0 Å². The van der Waals surface area contributed by atoms with Crippen LogP contribution in [-0.4, -0.2) is 18.4 Å². The van der Waals surface area contributed by atoms with Crippen LogP contribution in [0.15, 0.2) is 84.9 Å². The van der Waals surface area contributed by atoms with Crippen LogP contribution in [0.4, 0.5) is 5.69 Å². The third-order valence-electron chi connectivity index (χ3n) is 5.64. The van der Waals surface area contributed by atoms with Crippen LogP contribution in [0.1, 0.15) is 29.2 Å². The Hall–Kier alpha value is -3.40. The standard InChI is InChI=1S/C26H26N2O2/c1-19-12-14-23(15-13-19)28-18-22(17-25(28)29)26(30)27-24(21-10-6-3-7-11-21)16-20-8-4-2-5-9-20/h2-15,22,24H,16-18H2,1H3,(H,27,30)/t22-,24-/m1/s1. The van der Waals surface area contributed by atoms with Crippen LogP contribution >= 0.6 is 0 Å². The molecule has 1 aliphatic heterocycles. The van der Waals surface area contributed by atoms with Gasteiger partial charge in [0, 0.05) is 18.7 Å². The minimum atomic E-state index is -0.346. The van der Waals surface area contributed by atoms with Crippen LogP contribution in [0.3, 0.4) is 0 Å². The number of hydrogen-bond acceptors (Lipinski definition) is 2. The molecular formula is C26H26N2O2. The number of anilines is 1. The van der Waals surface area contributed by atoms with E-state index in [2.05, 4.69) is 17.4 Å². The lowest BCUT2D eigenvalue weighted by Crippen LogP contribution is -2.36. The molecule has 0 bridgehead atoms. The van der Waals surface area contributed by atoms with Gasteiger partial charge in [0.25, 0.3) is 0 Å². The molecule has 1 aliphatic rings. The van der Waals surface area contributed by atoms with E-state index in [1.54, 1.807) is 4.90 Å². The Morgan fingerprint density at radius 2 is 1.60 bits per heavy atom. The number of hydrogen-bond donors (Lipinski definition) is 1. The van der Waals surface area contributed by atoms with E-state index in [-0.39, 0.29) is 30.2 Å². The van der Waals surface area contributed by atoms with Gasteiger partial charge in [0.05, 0.1) is 12.0 Å². The molecule has 0 aromatic heterocycles. The molecule has 4 heteroatoms. The molecule has 1 fully saturated rings. The lowest BCUT2D eigenvalue weighted by atomic mass is 9.97. The number of nitrogens with zero attached hydrogens (tertiary/aromatic N) is 1. The summed E-state index contributed by atoms with van der Waals surface area (Å²) in [6, 6.07) is 27.9. The molecule has 3 aromatic rings. The first-order valence-corrected chi connectivity index (χ1v) is 10.4. The van der Waals surface area contributed by atoms with Crippen molar-refractivity contribution in [3.63, 3.8) is 0 Å². The number of carbonyl (C=O) groups excluding carboxylic acids is 2. The summed E-state index contributed by atoms with van der Waals surface area (Å²) < 4.78 is 0. The van der Waals surface area contributed by atoms with E-state index in [1.165, 1.54) is 0 Å². The number of rotatable bonds is 6. The SMILES string of the molecule is Cc1ccc(N2C[C@H](C(=O)N[C@H](Cc3ccccc3)c3ccccc3)CC2=O)cc1. The van der Waals surface area contributed by atoms with Crippen molar-refractivity contribution in [3.8, 4) is 0 Å². The zero-order valence-electron chi connectivity index (χ0n) is 17.1. The van der Waals surface area contributed by atoms with Crippen molar-refractivity contribution in [3.05, 3.63) is 102 Å². The summed E-state index contributed by atoms with van der Waals surface area (Å²) in [5.41, 5.74) is 4.22.